The molecule has 3 aromatic rings. The molecule has 0 saturated heterocycles. The lowest BCUT2D eigenvalue weighted by Crippen LogP contribution is -2.27. The highest BCUT2D eigenvalue weighted by atomic mass is 32.1. The molecular formula is C24H23FN2O2S. The molecule has 0 amide bonds. The van der Waals surface area contributed by atoms with Crippen LogP contribution in [0, 0.1) is 5.82 Å². The van der Waals surface area contributed by atoms with Crippen molar-refractivity contribution in [1.29, 1.82) is 0 Å². The van der Waals surface area contributed by atoms with E-state index in [1.165, 1.54) is 12.1 Å². The molecule has 0 aliphatic heterocycles. The Hall–Kier alpha value is -3.38. The number of thiocarbonyl (C=S) groups is 1. The molecule has 0 heterocycles. The van der Waals surface area contributed by atoms with E-state index < -0.39 is 0 Å². The summed E-state index contributed by atoms with van der Waals surface area (Å²) >= 11 is 5.35. The lowest BCUT2D eigenvalue weighted by Gasteiger charge is -2.12. The topological polar surface area (TPSA) is 42.5 Å². The molecule has 0 spiro atoms. The second kappa shape index (κ2) is 11.0. The summed E-state index contributed by atoms with van der Waals surface area (Å²) in [7, 11) is 0. The third-order valence-electron chi connectivity index (χ3n) is 4.18. The zero-order valence-corrected chi connectivity index (χ0v) is 17.3. The van der Waals surface area contributed by atoms with Crippen LogP contribution < -0.4 is 20.1 Å². The van der Waals surface area contributed by atoms with E-state index in [1.54, 1.807) is 18.2 Å². The third-order valence-corrected chi connectivity index (χ3v) is 4.42. The van der Waals surface area contributed by atoms with Crippen LogP contribution >= 0.6 is 12.2 Å². The standard InChI is InChI=1S/C24H23FN2O2S/c1-2-15-28-22-13-9-21(10-14-22)27-24(30)26-16-18-5-11-23(12-6-18)29-17-19-3-7-20(25)8-4-19/h2-14H,1,15-17H2,(H2,26,27,30). The highest BCUT2D eigenvalue weighted by Crippen LogP contribution is 2.16. The number of rotatable bonds is 9. The fraction of sp³-hybridized carbons (Fsp3) is 0.125. The predicted octanol–water partition coefficient (Wildman–Crippen LogP) is 5.46. The Kier molecular flexibility index (Phi) is 7.80. The van der Waals surface area contributed by atoms with Crippen molar-refractivity contribution in [1.82, 2.24) is 5.32 Å². The molecule has 3 rings (SSSR count). The summed E-state index contributed by atoms with van der Waals surface area (Å²) in [6.07, 6.45) is 1.70. The van der Waals surface area contributed by atoms with Crippen LogP contribution in [0.25, 0.3) is 0 Å². The van der Waals surface area contributed by atoms with E-state index in [0.717, 1.165) is 28.3 Å². The smallest absolute Gasteiger partial charge is 0.171 e. The maximum Gasteiger partial charge on any atom is 0.171 e. The number of benzene rings is 3. The minimum absolute atomic E-state index is 0.252. The van der Waals surface area contributed by atoms with Gasteiger partial charge in [0.25, 0.3) is 0 Å². The average Bonchev–Trinajstić information content (AvgIpc) is 2.77. The van der Waals surface area contributed by atoms with E-state index in [4.69, 9.17) is 21.7 Å². The molecule has 6 heteroatoms. The molecule has 0 bridgehead atoms. The summed E-state index contributed by atoms with van der Waals surface area (Å²) in [5, 5.41) is 6.85. The van der Waals surface area contributed by atoms with Gasteiger partial charge in [-0.05, 0) is 71.9 Å². The number of halogens is 1. The summed E-state index contributed by atoms with van der Waals surface area (Å²) < 4.78 is 24.1. The van der Waals surface area contributed by atoms with Crippen LogP contribution in [0.5, 0.6) is 11.5 Å². The van der Waals surface area contributed by atoms with Crippen LogP contribution in [-0.4, -0.2) is 11.7 Å². The Labute approximate surface area is 181 Å². The number of hydrogen-bond acceptors (Lipinski definition) is 3. The van der Waals surface area contributed by atoms with Crippen LogP contribution in [-0.2, 0) is 13.2 Å². The second-order valence-electron chi connectivity index (χ2n) is 6.49. The summed E-state index contributed by atoms with van der Waals surface area (Å²) in [5.74, 6) is 1.28. The quantitative estimate of drug-likeness (QED) is 0.354. The number of hydrogen-bond donors (Lipinski definition) is 2. The molecule has 0 fully saturated rings. The van der Waals surface area contributed by atoms with E-state index in [-0.39, 0.29) is 5.82 Å². The molecule has 0 aliphatic rings. The van der Waals surface area contributed by atoms with Crippen LogP contribution in [0.1, 0.15) is 11.1 Å². The summed E-state index contributed by atoms with van der Waals surface area (Å²) in [5.41, 5.74) is 2.86. The van der Waals surface area contributed by atoms with Gasteiger partial charge in [0, 0.05) is 12.2 Å². The lowest BCUT2D eigenvalue weighted by atomic mass is 10.2. The van der Waals surface area contributed by atoms with E-state index in [2.05, 4.69) is 17.2 Å². The van der Waals surface area contributed by atoms with Crippen LogP contribution in [0.2, 0.25) is 0 Å². The van der Waals surface area contributed by atoms with Crippen LogP contribution in [0.15, 0.2) is 85.5 Å². The van der Waals surface area contributed by atoms with Crippen molar-refractivity contribution in [2.75, 3.05) is 11.9 Å². The van der Waals surface area contributed by atoms with Gasteiger partial charge in [-0.1, -0.05) is 36.9 Å². The Bertz CT molecular complexity index is 958. The Morgan fingerprint density at radius 1 is 0.867 bits per heavy atom. The molecule has 2 N–H and O–H groups in total. The highest BCUT2D eigenvalue weighted by Gasteiger charge is 2.01. The molecular weight excluding hydrogens is 399 g/mol. The van der Waals surface area contributed by atoms with Crippen molar-refractivity contribution in [2.45, 2.75) is 13.2 Å². The first-order valence-corrected chi connectivity index (χ1v) is 9.88. The fourth-order valence-corrected chi connectivity index (χ4v) is 2.79. The Morgan fingerprint density at radius 2 is 1.47 bits per heavy atom. The van der Waals surface area contributed by atoms with Gasteiger partial charge in [0.1, 0.15) is 30.5 Å². The summed E-state index contributed by atoms with van der Waals surface area (Å²) in [4.78, 5) is 0. The van der Waals surface area contributed by atoms with E-state index in [9.17, 15) is 4.39 Å². The molecule has 0 aliphatic carbocycles. The predicted molar refractivity (Wildman–Crippen MR) is 122 cm³/mol. The van der Waals surface area contributed by atoms with Gasteiger partial charge < -0.3 is 20.1 Å². The summed E-state index contributed by atoms with van der Waals surface area (Å²) in [6.45, 7) is 5.08. The van der Waals surface area contributed by atoms with E-state index in [0.29, 0.717) is 24.9 Å². The second-order valence-corrected chi connectivity index (χ2v) is 6.90. The number of ether oxygens (including phenoxy) is 2. The minimum Gasteiger partial charge on any atom is -0.490 e. The Balaban J connectivity index is 1.42. The minimum atomic E-state index is -0.252. The molecule has 0 atom stereocenters. The average molecular weight is 423 g/mol. The van der Waals surface area contributed by atoms with Crippen molar-refractivity contribution >= 4 is 23.0 Å². The van der Waals surface area contributed by atoms with Gasteiger partial charge >= 0.3 is 0 Å². The highest BCUT2D eigenvalue weighted by molar-refractivity contribution is 7.80. The van der Waals surface area contributed by atoms with Crippen molar-refractivity contribution in [3.63, 3.8) is 0 Å². The van der Waals surface area contributed by atoms with E-state index >= 15 is 0 Å². The van der Waals surface area contributed by atoms with Crippen molar-refractivity contribution in [2.24, 2.45) is 0 Å². The first kappa shape index (κ1) is 21.3. The van der Waals surface area contributed by atoms with Gasteiger partial charge in [-0.2, -0.15) is 0 Å². The zero-order chi connectivity index (χ0) is 21.2. The monoisotopic (exact) mass is 422 g/mol. The van der Waals surface area contributed by atoms with Crippen molar-refractivity contribution < 1.29 is 13.9 Å². The number of nitrogens with one attached hydrogen (secondary N) is 2. The zero-order valence-electron chi connectivity index (χ0n) is 16.4. The summed E-state index contributed by atoms with van der Waals surface area (Å²) in [6, 6.07) is 21.6. The van der Waals surface area contributed by atoms with E-state index in [1.807, 2.05) is 48.5 Å². The molecule has 0 aromatic heterocycles. The SMILES string of the molecule is C=CCOc1ccc(NC(=S)NCc2ccc(OCc3ccc(F)cc3)cc2)cc1. The first-order chi connectivity index (χ1) is 14.6. The fourth-order valence-electron chi connectivity index (χ4n) is 2.60. The molecule has 0 radical (unpaired) electrons. The normalized spacial score (nSPS) is 10.2. The maximum atomic E-state index is 12.9. The largest absolute Gasteiger partial charge is 0.490 e. The molecule has 4 nitrogen and oxygen atoms in total. The Morgan fingerprint density at radius 3 is 2.13 bits per heavy atom. The third kappa shape index (κ3) is 6.90. The van der Waals surface area contributed by atoms with Gasteiger partial charge in [-0.3, -0.25) is 0 Å². The molecule has 0 unspecified atom stereocenters. The maximum absolute atomic E-state index is 12.9. The molecule has 3 aromatic carbocycles. The number of anilines is 1. The van der Waals surface area contributed by atoms with Gasteiger partial charge in [-0.25, -0.2) is 4.39 Å². The van der Waals surface area contributed by atoms with Gasteiger partial charge in [-0.15, -0.1) is 0 Å². The lowest BCUT2D eigenvalue weighted by molar-refractivity contribution is 0.306. The van der Waals surface area contributed by atoms with Gasteiger partial charge in [0.2, 0.25) is 0 Å². The first-order valence-electron chi connectivity index (χ1n) is 9.47. The molecule has 154 valence electrons. The van der Waals surface area contributed by atoms with Gasteiger partial charge in [0.05, 0.1) is 0 Å². The molecule has 0 saturated carbocycles. The van der Waals surface area contributed by atoms with Crippen LogP contribution in [0.3, 0.4) is 0 Å². The van der Waals surface area contributed by atoms with Crippen molar-refractivity contribution in [3.8, 4) is 11.5 Å². The van der Waals surface area contributed by atoms with Gasteiger partial charge in [0.15, 0.2) is 5.11 Å². The molecule has 30 heavy (non-hydrogen) atoms. The van der Waals surface area contributed by atoms with Crippen LogP contribution in [0.4, 0.5) is 10.1 Å². The van der Waals surface area contributed by atoms with Crippen molar-refractivity contribution in [3.05, 3.63) is 102 Å².